The number of hydrogen-bond acceptors (Lipinski definition) is 4. The summed E-state index contributed by atoms with van der Waals surface area (Å²) in [6.45, 7) is 4.34. The van der Waals surface area contributed by atoms with Gasteiger partial charge in [-0.1, -0.05) is 13.8 Å². The number of hydrogen-bond donors (Lipinski definition) is 1. The van der Waals surface area contributed by atoms with Gasteiger partial charge in [0.25, 0.3) is 0 Å². The molecule has 0 aliphatic heterocycles. The molecule has 3 nitrogen and oxygen atoms in total. The van der Waals surface area contributed by atoms with Gasteiger partial charge in [-0.3, -0.25) is 5.32 Å². The van der Waals surface area contributed by atoms with Crippen molar-refractivity contribution in [1.82, 2.24) is 10.3 Å². The predicted octanol–water partition coefficient (Wildman–Crippen LogP) is 3.93. The molecule has 2 heterocycles. The fraction of sp³-hybridized carbons (Fsp3) is 0.462. The van der Waals surface area contributed by atoms with Gasteiger partial charge in [-0.05, 0) is 25.0 Å². The van der Waals surface area contributed by atoms with Crippen LogP contribution in [0.5, 0.6) is 0 Å². The highest BCUT2D eigenvalue weighted by molar-refractivity contribution is 7.09. The van der Waals surface area contributed by atoms with E-state index in [9.17, 15) is 0 Å². The molecule has 4 heteroatoms. The monoisotopic (exact) mass is 250 g/mol. The van der Waals surface area contributed by atoms with Crippen LogP contribution in [0, 0.1) is 0 Å². The molecule has 0 radical (unpaired) electrons. The fourth-order valence-electron chi connectivity index (χ4n) is 1.90. The largest absolute Gasteiger partial charge is 0.468 e. The summed E-state index contributed by atoms with van der Waals surface area (Å²) >= 11 is 1.70. The molecule has 0 aliphatic carbocycles. The van der Waals surface area contributed by atoms with E-state index in [1.807, 2.05) is 23.7 Å². The van der Waals surface area contributed by atoms with Crippen molar-refractivity contribution in [3.63, 3.8) is 0 Å². The van der Waals surface area contributed by atoms with Crippen LogP contribution in [0.4, 0.5) is 0 Å². The van der Waals surface area contributed by atoms with E-state index in [0.29, 0.717) is 6.04 Å². The highest BCUT2D eigenvalue weighted by atomic mass is 32.1. The van der Waals surface area contributed by atoms with Crippen LogP contribution in [0.25, 0.3) is 0 Å². The second kappa shape index (κ2) is 5.98. The van der Waals surface area contributed by atoms with E-state index in [2.05, 4.69) is 24.1 Å². The molecule has 0 amide bonds. The highest BCUT2D eigenvalue weighted by Gasteiger charge is 2.19. The van der Waals surface area contributed by atoms with Crippen LogP contribution in [-0.4, -0.2) is 4.98 Å². The minimum Gasteiger partial charge on any atom is -0.468 e. The Balaban J connectivity index is 2.07. The normalized spacial score (nSPS) is 14.7. The molecule has 0 aliphatic rings. The van der Waals surface area contributed by atoms with Gasteiger partial charge >= 0.3 is 0 Å². The standard InChI is InChI=1S/C13H18N2OS/c1-3-10(12-6-5-8-16-12)15-11(4-2)13-14-7-9-17-13/h5-11,15H,3-4H2,1-2H3. The number of rotatable bonds is 6. The van der Waals surface area contributed by atoms with Crippen LogP contribution >= 0.6 is 11.3 Å². The Morgan fingerprint density at radius 1 is 1.35 bits per heavy atom. The summed E-state index contributed by atoms with van der Waals surface area (Å²) in [7, 11) is 0. The number of thiazole rings is 1. The zero-order valence-corrected chi connectivity index (χ0v) is 11.0. The number of furan rings is 1. The minimum atomic E-state index is 0.263. The summed E-state index contributed by atoms with van der Waals surface area (Å²) in [6.07, 6.45) is 5.63. The third kappa shape index (κ3) is 2.96. The lowest BCUT2D eigenvalue weighted by Gasteiger charge is -2.21. The first-order valence-electron chi connectivity index (χ1n) is 6.04. The summed E-state index contributed by atoms with van der Waals surface area (Å²) < 4.78 is 5.47. The van der Waals surface area contributed by atoms with E-state index in [1.165, 1.54) is 0 Å². The number of nitrogens with one attached hydrogen (secondary N) is 1. The molecule has 1 N–H and O–H groups in total. The third-order valence-electron chi connectivity index (χ3n) is 2.86. The summed E-state index contributed by atoms with van der Waals surface area (Å²) in [5.41, 5.74) is 0. The molecular weight excluding hydrogens is 232 g/mol. The van der Waals surface area contributed by atoms with Crippen molar-refractivity contribution in [1.29, 1.82) is 0 Å². The average Bonchev–Trinajstić information content (AvgIpc) is 3.03. The molecule has 92 valence electrons. The number of aromatic nitrogens is 1. The maximum absolute atomic E-state index is 5.47. The van der Waals surface area contributed by atoms with Gasteiger partial charge in [0.05, 0.1) is 18.3 Å². The fourth-order valence-corrected chi connectivity index (χ4v) is 2.69. The molecular formula is C13H18N2OS. The van der Waals surface area contributed by atoms with Crippen LogP contribution in [0.2, 0.25) is 0 Å². The Morgan fingerprint density at radius 2 is 2.18 bits per heavy atom. The molecule has 0 bridgehead atoms. The van der Waals surface area contributed by atoms with E-state index in [4.69, 9.17) is 4.42 Å². The molecule has 2 aromatic heterocycles. The van der Waals surface area contributed by atoms with Crippen molar-refractivity contribution < 1.29 is 4.42 Å². The molecule has 0 spiro atoms. The first-order valence-corrected chi connectivity index (χ1v) is 6.92. The van der Waals surface area contributed by atoms with Gasteiger partial charge in [0, 0.05) is 11.6 Å². The Hall–Kier alpha value is -1.13. The Bertz CT molecular complexity index is 370. The van der Waals surface area contributed by atoms with E-state index in [0.717, 1.165) is 23.6 Å². The van der Waals surface area contributed by atoms with Gasteiger partial charge in [-0.25, -0.2) is 4.98 Å². The lowest BCUT2D eigenvalue weighted by molar-refractivity contribution is 0.361. The Morgan fingerprint density at radius 3 is 2.71 bits per heavy atom. The summed E-state index contributed by atoms with van der Waals surface area (Å²) in [5, 5.41) is 6.78. The summed E-state index contributed by atoms with van der Waals surface area (Å²) in [6, 6.07) is 4.53. The first kappa shape index (κ1) is 12.3. The van der Waals surface area contributed by atoms with Crippen LogP contribution in [0.1, 0.15) is 49.5 Å². The van der Waals surface area contributed by atoms with Gasteiger partial charge in [0.15, 0.2) is 0 Å². The van der Waals surface area contributed by atoms with E-state index < -0.39 is 0 Å². The van der Waals surface area contributed by atoms with Crippen LogP contribution < -0.4 is 5.32 Å². The molecule has 0 saturated heterocycles. The molecule has 0 aromatic carbocycles. The second-order valence-corrected chi connectivity index (χ2v) is 4.90. The third-order valence-corrected chi connectivity index (χ3v) is 3.74. The van der Waals surface area contributed by atoms with Crippen molar-refractivity contribution in [2.24, 2.45) is 0 Å². The van der Waals surface area contributed by atoms with Crippen molar-refractivity contribution in [2.75, 3.05) is 0 Å². The molecule has 2 unspecified atom stereocenters. The first-order chi connectivity index (χ1) is 8.35. The van der Waals surface area contributed by atoms with Crippen LogP contribution in [-0.2, 0) is 0 Å². The molecule has 0 saturated carbocycles. The number of nitrogens with zero attached hydrogens (tertiary/aromatic N) is 1. The molecule has 17 heavy (non-hydrogen) atoms. The van der Waals surface area contributed by atoms with Gasteiger partial charge < -0.3 is 4.42 Å². The quantitative estimate of drug-likeness (QED) is 0.844. The highest BCUT2D eigenvalue weighted by Crippen LogP contribution is 2.25. The van der Waals surface area contributed by atoms with E-state index >= 15 is 0 Å². The Kier molecular flexibility index (Phi) is 4.34. The van der Waals surface area contributed by atoms with E-state index in [1.54, 1.807) is 17.6 Å². The summed E-state index contributed by atoms with van der Waals surface area (Å²) in [4.78, 5) is 4.38. The maximum atomic E-state index is 5.47. The zero-order valence-electron chi connectivity index (χ0n) is 10.2. The molecule has 2 rings (SSSR count). The molecule has 2 atom stereocenters. The lowest BCUT2D eigenvalue weighted by Crippen LogP contribution is -2.25. The maximum Gasteiger partial charge on any atom is 0.120 e. The van der Waals surface area contributed by atoms with Crippen molar-refractivity contribution in [3.05, 3.63) is 40.7 Å². The predicted molar refractivity (Wildman–Crippen MR) is 70.0 cm³/mol. The summed E-state index contributed by atoms with van der Waals surface area (Å²) in [5.74, 6) is 1.00. The average molecular weight is 250 g/mol. The van der Waals surface area contributed by atoms with E-state index in [-0.39, 0.29) is 6.04 Å². The molecule has 2 aromatic rings. The van der Waals surface area contributed by atoms with Crippen molar-refractivity contribution in [2.45, 2.75) is 38.8 Å². The van der Waals surface area contributed by atoms with Gasteiger partial charge in [0.1, 0.15) is 10.8 Å². The van der Waals surface area contributed by atoms with Crippen molar-refractivity contribution in [3.8, 4) is 0 Å². The minimum absolute atomic E-state index is 0.263. The lowest BCUT2D eigenvalue weighted by atomic mass is 10.1. The molecule has 0 fully saturated rings. The van der Waals surface area contributed by atoms with Gasteiger partial charge in [-0.15, -0.1) is 11.3 Å². The van der Waals surface area contributed by atoms with Gasteiger partial charge in [-0.2, -0.15) is 0 Å². The van der Waals surface area contributed by atoms with Crippen molar-refractivity contribution >= 4 is 11.3 Å². The SMILES string of the molecule is CCC(NC(CC)c1nccs1)c1ccco1. The van der Waals surface area contributed by atoms with Crippen LogP contribution in [0.15, 0.2) is 34.4 Å². The second-order valence-electron chi connectivity index (χ2n) is 3.97. The zero-order chi connectivity index (χ0) is 12.1. The smallest absolute Gasteiger partial charge is 0.120 e. The topological polar surface area (TPSA) is 38.1 Å². The van der Waals surface area contributed by atoms with Crippen LogP contribution in [0.3, 0.4) is 0 Å². The Labute approximate surface area is 106 Å². The van der Waals surface area contributed by atoms with Gasteiger partial charge in [0.2, 0.25) is 0 Å².